The van der Waals surface area contributed by atoms with Crippen molar-refractivity contribution in [3.63, 3.8) is 0 Å². The topological polar surface area (TPSA) is 67.4 Å². The Morgan fingerprint density at radius 1 is 1.15 bits per heavy atom. The number of anilines is 1. The third-order valence-electron chi connectivity index (χ3n) is 4.84. The molecule has 0 unspecified atom stereocenters. The zero-order valence-corrected chi connectivity index (χ0v) is 16.2. The first kappa shape index (κ1) is 17.5. The van der Waals surface area contributed by atoms with Crippen LogP contribution in [-0.4, -0.2) is 18.5 Å². The minimum Gasteiger partial charge on any atom is -0.462 e. The Bertz CT molecular complexity index is 1070. The molecular formula is C21H20N2O3S. The minimum atomic E-state index is -0.848. The molecule has 2 aromatic carbocycles. The van der Waals surface area contributed by atoms with Gasteiger partial charge >= 0.3 is 5.97 Å². The van der Waals surface area contributed by atoms with Crippen molar-refractivity contribution >= 4 is 39.7 Å². The van der Waals surface area contributed by atoms with E-state index in [0.717, 1.165) is 21.2 Å². The Morgan fingerprint density at radius 3 is 2.67 bits per heavy atom. The second-order valence-corrected chi connectivity index (χ2v) is 7.91. The summed E-state index contributed by atoms with van der Waals surface area (Å²) in [4.78, 5) is 26.6. The van der Waals surface area contributed by atoms with Crippen LogP contribution in [0, 0.1) is 6.92 Å². The Kier molecular flexibility index (Phi) is 4.15. The van der Waals surface area contributed by atoms with E-state index in [1.54, 1.807) is 6.92 Å². The van der Waals surface area contributed by atoms with E-state index >= 15 is 0 Å². The molecule has 2 N–H and O–H groups in total. The van der Waals surface area contributed by atoms with Crippen LogP contribution in [0.4, 0.5) is 5.69 Å². The normalized spacial score (nSPS) is 18.6. The SMILES string of the molecule is CCOC(=O)c1sc(C)c2c1N[C@](C)(c1cccc3ccccc13)NC2=O. The average Bonchev–Trinajstić information content (AvgIpc) is 2.98. The number of carbonyl (C=O) groups excluding carboxylic acids is 2. The van der Waals surface area contributed by atoms with Gasteiger partial charge in [-0.1, -0.05) is 42.5 Å². The van der Waals surface area contributed by atoms with Gasteiger partial charge in [0.15, 0.2) is 0 Å². The monoisotopic (exact) mass is 380 g/mol. The molecule has 4 rings (SSSR count). The highest BCUT2D eigenvalue weighted by molar-refractivity contribution is 7.15. The molecule has 1 aliphatic rings. The van der Waals surface area contributed by atoms with Gasteiger partial charge < -0.3 is 15.4 Å². The second kappa shape index (κ2) is 6.39. The van der Waals surface area contributed by atoms with Crippen molar-refractivity contribution in [2.75, 3.05) is 11.9 Å². The van der Waals surface area contributed by atoms with E-state index < -0.39 is 11.6 Å². The van der Waals surface area contributed by atoms with Crippen molar-refractivity contribution in [1.82, 2.24) is 5.32 Å². The molecule has 0 fully saturated rings. The molecule has 0 saturated carbocycles. The zero-order valence-electron chi connectivity index (χ0n) is 15.4. The highest BCUT2D eigenvalue weighted by atomic mass is 32.1. The van der Waals surface area contributed by atoms with Gasteiger partial charge in [-0.15, -0.1) is 11.3 Å². The summed E-state index contributed by atoms with van der Waals surface area (Å²) in [5.41, 5.74) is 1.16. The highest BCUT2D eigenvalue weighted by Gasteiger charge is 2.40. The van der Waals surface area contributed by atoms with E-state index in [2.05, 4.69) is 10.6 Å². The number of amides is 1. The first-order valence-electron chi connectivity index (χ1n) is 8.84. The Morgan fingerprint density at radius 2 is 1.89 bits per heavy atom. The quantitative estimate of drug-likeness (QED) is 0.660. The number of hydrogen-bond donors (Lipinski definition) is 2. The maximum absolute atomic E-state index is 12.9. The fourth-order valence-electron chi connectivity index (χ4n) is 3.64. The van der Waals surface area contributed by atoms with E-state index in [1.807, 2.05) is 56.3 Å². The number of thiophene rings is 1. The predicted octanol–water partition coefficient (Wildman–Crippen LogP) is 4.41. The largest absolute Gasteiger partial charge is 0.462 e. The molecule has 2 heterocycles. The Hall–Kier alpha value is -2.86. The fraction of sp³-hybridized carbons (Fsp3) is 0.238. The number of carbonyl (C=O) groups is 2. The van der Waals surface area contributed by atoms with Crippen molar-refractivity contribution < 1.29 is 14.3 Å². The first-order chi connectivity index (χ1) is 12.9. The van der Waals surface area contributed by atoms with Gasteiger partial charge in [-0.3, -0.25) is 4.79 Å². The summed E-state index contributed by atoms with van der Waals surface area (Å²) in [6, 6.07) is 14.0. The summed E-state index contributed by atoms with van der Waals surface area (Å²) < 4.78 is 5.19. The molecule has 0 aliphatic carbocycles. The summed E-state index contributed by atoms with van der Waals surface area (Å²) in [6.07, 6.45) is 0. The van der Waals surface area contributed by atoms with Crippen LogP contribution in [0.1, 0.15) is 44.3 Å². The number of rotatable bonds is 3. The van der Waals surface area contributed by atoms with E-state index in [-0.39, 0.29) is 12.5 Å². The third kappa shape index (κ3) is 2.77. The lowest BCUT2D eigenvalue weighted by Crippen LogP contribution is -2.53. The smallest absolute Gasteiger partial charge is 0.350 e. The number of ether oxygens (including phenoxy) is 1. The summed E-state index contributed by atoms with van der Waals surface area (Å²) >= 11 is 1.28. The van der Waals surface area contributed by atoms with Gasteiger partial charge in [-0.25, -0.2) is 4.79 Å². The molecule has 1 atom stereocenters. The van der Waals surface area contributed by atoms with Gasteiger partial charge in [0.1, 0.15) is 10.5 Å². The maximum atomic E-state index is 12.9. The van der Waals surface area contributed by atoms with Crippen molar-refractivity contribution in [1.29, 1.82) is 0 Å². The molecule has 1 amide bonds. The number of esters is 1. The van der Waals surface area contributed by atoms with Gasteiger partial charge in [-0.2, -0.15) is 0 Å². The van der Waals surface area contributed by atoms with Crippen molar-refractivity contribution in [2.45, 2.75) is 26.4 Å². The standard InChI is InChI=1S/C21H20N2O3S/c1-4-26-20(25)18-17-16(12(2)27-18)19(24)23-21(3,22-17)15-11-7-9-13-8-5-6-10-14(13)15/h5-11,22H,4H2,1-3H3,(H,23,24)/t21-/m0/s1. The molecular weight excluding hydrogens is 360 g/mol. The molecule has 6 heteroatoms. The summed E-state index contributed by atoms with van der Waals surface area (Å²) in [5, 5.41) is 8.64. The number of fused-ring (bicyclic) bond motifs is 2. The van der Waals surface area contributed by atoms with Gasteiger partial charge in [-0.05, 0) is 31.5 Å². The van der Waals surface area contributed by atoms with Crippen LogP contribution < -0.4 is 10.6 Å². The van der Waals surface area contributed by atoms with Crippen molar-refractivity contribution in [3.05, 3.63) is 63.3 Å². The average molecular weight is 380 g/mol. The fourth-order valence-corrected chi connectivity index (χ4v) is 4.65. The van der Waals surface area contributed by atoms with Crippen LogP contribution in [-0.2, 0) is 10.4 Å². The Balaban J connectivity index is 1.87. The summed E-state index contributed by atoms with van der Waals surface area (Å²) in [6.45, 7) is 5.81. The highest BCUT2D eigenvalue weighted by Crippen LogP contribution is 2.41. The molecule has 3 aromatic rings. The Labute approximate surface area is 161 Å². The van der Waals surface area contributed by atoms with E-state index in [9.17, 15) is 9.59 Å². The molecule has 0 bridgehead atoms. The summed E-state index contributed by atoms with van der Waals surface area (Å²) in [7, 11) is 0. The van der Waals surface area contributed by atoms with Gasteiger partial charge in [0.05, 0.1) is 17.9 Å². The van der Waals surface area contributed by atoms with Crippen LogP contribution in [0.25, 0.3) is 10.8 Å². The van der Waals surface area contributed by atoms with E-state index in [4.69, 9.17) is 4.74 Å². The lowest BCUT2D eigenvalue weighted by atomic mass is 9.92. The first-order valence-corrected chi connectivity index (χ1v) is 9.65. The number of benzene rings is 2. The minimum absolute atomic E-state index is 0.191. The third-order valence-corrected chi connectivity index (χ3v) is 5.92. The molecule has 5 nitrogen and oxygen atoms in total. The number of aryl methyl sites for hydroxylation is 1. The van der Waals surface area contributed by atoms with E-state index in [0.29, 0.717) is 16.1 Å². The lowest BCUT2D eigenvalue weighted by Gasteiger charge is -2.38. The zero-order chi connectivity index (χ0) is 19.2. The van der Waals surface area contributed by atoms with Crippen LogP contribution in [0.3, 0.4) is 0 Å². The maximum Gasteiger partial charge on any atom is 0.350 e. The molecule has 0 radical (unpaired) electrons. The van der Waals surface area contributed by atoms with Gasteiger partial charge in [0.2, 0.25) is 0 Å². The summed E-state index contributed by atoms with van der Waals surface area (Å²) in [5.74, 6) is -0.599. The van der Waals surface area contributed by atoms with Crippen LogP contribution in [0.5, 0.6) is 0 Å². The van der Waals surface area contributed by atoms with Crippen LogP contribution in [0.2, 0.25) is 0 Å². The molecule has 0 saturated heterocycles. The lowest BCUT2D eigenvalue weighted by molar-refractivity contribution is 0.0533. The molecule has 27 heavy (non-hydrogen) atoms. The molecule has 138 valence electrons. The van der Waals surface area contributed by atoms with Gasteiger partial charge in [0, 0.05) is 10.4 Å². The van der Waals surface area contributed by atoms with Crippen molar-refractivity contribution in [2.24, 2.45) is 0 Å². The van der Waals surface area contributed by atoms with Crippen LogP contribution >= 0.6 is 11.3 Å². The molecule has 1 aromatic heterocycles. The molecule has 1 aliphatic heterocycles. The second-order valence-electron chi connectivity index (χ2n) is 6.69. The van der Waals surface area contributed by atoms with Gasteiger partial charge in [0.25, 0.3) is 5.91 Å². The van der Waals surface area contributed by atoms with Crippen LogP contribution in [0.15, 0.2) is 42.5 Å². The van der Waals surface area contributed by atoms with E-state index in [1.165, 1.54) is 11.3 Å². The molecule has 0 spiro atoms. The number of nitrogens with one attached hydrogen (secondary N) is 2. The number of hydrogen-bond acceptors (Lipinski definition) is 5. The van der Waals surface area contributed by atoms with Crippen molar-refractivity contribution in [3.8, 4) is 0 Å². The predicted molar refractivity (Wildman–Crippen MR) is 107 cm³/mol.